The fraction of sp³-hybridized carbons (Fsp3) is 0.633. The van der Waals surface area contributed by atoms with Gasteiger partial charge in [-0.15, -0.1) is 0 Å². The van der Waals surface area contributed by atoms with Crippen LogP contribution < -0.4 is 10.6 Å². The summed E-state index contributed by atoms with van der Waals surface area (Å²) in [4.78, 5) is 52.0. The maximum Gasteiger partial charge on any atom is 0.303 e. The molecule has 3 N–H and O–H groups in total. The van der Waals surface area contributed by atoms with Gasteiger partial charge in [-0.25, -0.2) is 0 Å². The van der Waals surface area contributed by atoms with Crippen molar-refractivity contribution in [2.75, 3.05) is 7.05 Å². The minimum atomic E-state index is -0.966. The highest BCUT2D eigenvalue weighted by molar-refractivity contribution is 7.80. The molecule has 1 fully saturated rings. The first kappa shape index (κ1) is 32.4. The SMILES string of the molecule is CC(C)C(=O)[C@H](CC1CCCCC1)NC(=S)[C@H](C)N(C)C(=O)[C@@H](Cc1ccccc1)NC(=O)CCCC(=O)O. The molecule has 1 aliphatic rings. The van der Waals surface area contributed by atoms with Crippen molar-refractivity contribution in [1.29, 1.82) is 0 Å². The molecule has 0 spiro atoms. The molecule has 1 aromatic rings. The number of aliphatic carboxylic acids is 1. The van der Waals surface area contributed by atoms with Gasteiger partial charge in [0.05, 0.1) is 17.1 Å². The molecule has 39 heavy (non-hydrogen) atoms. The van der Waals surface area contributed by atoms with E-state index >= 15 is 0 Å². The van der Waals surface area contributed by atoms with Gasteiger partial charge in [-0.05, 0) is 31.2 Å². The van der Waals surface area contributed by atoms with E-state index in [4.69, 9.17) is 17.3 Å². The lowest BCUT2D eigenvalue weighted by molar-refractivity contribution is -0.138. The molecule has 216 valence electrons. The smallest absolute Gasteiger partial charge is 0.303 e. The molecule has 0 heterocycles. The van der Waals surface area contributed by atoms with Gasteiger partial charge in [0.25, 0.3) is 0 Å². The van der Waals surface area contributed by atoms with Gasteiger partial charge in [0.15, 0.2) is 5.78 Å². The molecule has 0 radical (unpaired) electrons. The van der Waals surface area contributed by atoms with Crippen LogP contribution in [0.5, 0.6) is 0 Å². The summed E-state index contributed by atoms with van der Waals surface area (Å²) >= 11 is 5.71. The largest absolute Gasteiger partial charge is 0.481 e. The molecule has 2 amide bonds. The molecule has 9 heteroatoms. The number of nitrogens with one attached hydrogen (secondary N) is 2. The first-order valence-electron chi connectivity index (χ1n) is 14.1. The molecule has 8 nitrogen and oxygen atoms in total. The van der Waals surface area contributed by atoms with E-state index in [1.165, 1.54) is 24.2 Å². The number of hydrogen-bond acceptors (Lipinski definition) is 5. The van der Waals surface area contributed by atoms with E-state index < -0.39 is 18.1 Å². The van der Waals surface area contributed by atoms with Crippen molar-refractivity contribution < 1.29 is 24.3 Å². The minimum Gasteiger partial charge on any atom is -0.481 e. The van der Waals surface area contributed by atoms with Crippen LogP contribution >= 0.6 is 12.2 Å². The molecule has 0 saturated heterocycles. The Kier molecular flexibility index (Phi) is 13.6. The second kappa shape index (κ2) is 16.3. The fourth-order valence-electron chi connectivity index (χ4n) is 5.03. The lowest BCUT2D eigenvalue weighted by atomic mass is 9.82. The highest BCUT2D eigenvalue weighted by Crippen LogP contribution is 2.28. The Morgan fingerprint density at radius 1 is 0.974 bits per heavy atom. The highest BCUT2D eigenvalue weighted by Gasteiger charge is 2.31. The Bertz CT molecular complexity index is 978. The van der Waals surface area contributed by atoms with Gasteiger partial charge in [0.1, 0.15) is 6.04 Å². The number of amides is 2. The van der Waals surface area contributed by atoms with Gasteiger partial charge in [0, 0.05) is 32.2 Å². The number of carboxylic acid groups (broad SMARTS) is 1. The summed E-state index contributed by atoms with van der Waals surface area (Å²) in [5.74, 6) is -1.16. The summed E-state index contributed by atoms with van der Waals surface area (Å²) in [6, 6.07) is 7.68. The standard InChI is InChI=1S/C30H45N3O5S/c1-20(2)28(37)24(18-22-12-7-5-8-13-22)32-29(39)21(3)33(4)30(38)25(19-23-14-9-6-10-15-23)31-26(34)16-11-17-27(35)36/h6,9-10,14-15,20-22,24-25H,5,7-8,11-13,16-19H2,1-4H3,(H,31,34)(H,32,39)(H,35,36)/t21-,24-,25+/m0/s1. The number of carbonyl (C=O) groups excluding carboxylic acids is 3. The molecule has 0 bridgehead atoms. The molecular formula is C30H45N3O5S. The highest BCUT2D eigenvalue weighted by atomic mass is 32.1. The zero-order valence-corrected chi connectivity index (χ0v) is 24.6. The van der Waals surface area contributed by atoms with E-state index in [0.717, 1.165) is 24.8 Å². The van der Waals surface area contributed by atoms with E-state index in [1.807, 2.05) is 51.1 Å². The summed E-state index contributed by atoms with van der Waals surface area (Å²) < 4.78 is 0. The zero-order valence-electron chi connectivity index (χ0n) is 23.8. The van der Waals surface area contributed by atoms with Crippen molar-refractivity contribution in [3.05, 3.63) is 35.9 Å². The number of nitrogens with zero attached hydrogens (tertiary/aromatic N) is 1. The Hall–Kier alpha value is -2.81. The molecule has 1 aliphatic carbocycles. The third-order valence-electron chi connectivity index (χ3n) is 7.54. The molecule has 0 aromatic heterocycles. The van der Waals surface area contributed by atoms with Crippen LogP contribution in [0.25, 0.3) is 0 Å². The molecule has 1 aromatic carbocycles. The van der Waals surface area contributed by atoms with E-state index in [0.29, 0.717) is 10.9 Å². The number of rotatable bonds is 15. The third-order valence-corrected chi connectivity index (χ3v) is 8.00. The van der Waals surface area contributed by atoms with Crippen molar-refractivity contribution >= 4 is 40.8 Å². The number of ketones is 1. The van der Waals surface area contributed by atoms with Crippen LogP contribution in [0.2, 0.25) is 0 Å². The second-order valence-electron chi connectivity index (χ2n) is 11.0. The Morgan fingerprint density at radius 2 is 1.62 bits per heavy atom. The molecule has 0 aliphatic heterocycles. The van der Waals surface area contributed by atoms with E-state index in [-0.39, 0.29) is 55.2 Å². The average molecular weight is 560 g/mol. The predicted molar refractivity (Wildman–Crippen MR) is 156 cm³/mol. The van der Waals surface area contributed by atoms with Gasteiger partial charge in [-0.1, -0.05) is 88.5 Å². The average Bonchev–Trinajstić information content (AvgIpc) is 2.91. The van der Waals surface area contributed by atoms with Crippen LogP contribution in [-0.4, -0.2) is 63.7 Å². The number of carboxylic acids is 1. The normalized spacial score (nSPS) is 16.1. The van der Waals surface area contributed by atoms with Crippen molar-refractivity contribution in [2.45, 2.75) is 103 Å². The van der Waals surface area contributed by atoms with Gasteiger partial charge in [0.2, 0.25) is 11.8 Å². The second-order valence-corrected chi connectivity index (χ2v) is 11.5. The van der Waals surface area contributed by atoms with Crippen LogP contribution in [0.1, 0.15) is 84.1 Å². The van der Waals surface area contributed by atoms with Crippen LogP contribution in [-0.2, 0) is 25.6 Å². The maximum absolute atomic E-state index is 13.6. The molecular weight excluding hydrogens is 514 g/mol. The Morgan fingerprint density at radius 3 is 2.21 bits per heavy atom. The topological polar surface area (TPSA) is 116 Å². The van der Waals surface area contributed by atoms with Crippen molar-refractivity contribution in [3.63, 3.8) is 0 Å². The molecule has 1 saturated carbocycles. The predicted octanol–water partition coefficient (Wildman–Crippen LogP) is 4.30. The zero-order chi connectivity index (χ0) is 28.9. The fourth-order valence-corrected chi connectivity index (χ4v) is 5.33. The molecule has 3 atom stereocenters. The van der Waals surface area contributed by atoms with Crippen LogP contribution in [0.4, 0.5) is 0 Å². The van der Waals surface area contributed by atoms with Crippen LogP contribution in [0.3, 0.4) is 0 Å². The summed E-state index contributed by atoms with van der Waals surface area (Å²) in [5, 5.41) is 15.0. The van der Waals surface area contributed by atoms with Crippen molar-refractivity contribution in [3.8, 4) is 0 Å². The van der Waals surface area contributed by atoms with Crippen LogP contribution in [0.15, 0.2) is 30.3 Å². The lowest BCUT2D eigenvalue weighted by Crippen LogP contribution is -2.55. The number of Topliss-reactive ketones (excluding diaryl/α,β-unsaturated/α-hetero) is 1. The molecule has 2 rings (SSSR count). The Labute approximate surface area is 238 Å². The minimum absolute atomic E-state index is 0.0181. The van der Waals surface area contributed by atoms with Gasteiger partial charge in [-0.3, -0.25) is 19.2 Å². The first-order chi connectivity index (χ1) is 18.5. The van der Waals surface area contributed by atoms with Gasteiger partial charge >= 0.3 is 5.97 Å². The van der Waals surface area contributed by atoms with Crippen molar-refractivity contribution in [2.24, 2.45) is 11.8 Å². The van der Waals surface area contributed by atoms with Gasteiger partial charge < -0.3 is 20.6 Å². The third kappa shape index (κ3) is 11.1. The lowest BCUT2D eigenvalue weighted by Gasteiger charge is -2.33. The number of thiocarbonyl (C=S) groups is 1. The van der Waals surface area contributed by atoms with E-state index in [9.17, 15) is 19.2 Å². The van der Waals surface area contributed by atoms with Crippen molar-refractivity contribution in [1.82, 2.24) is 15.5 Å². The quantitative estimate of drug-likeness (QED) is 0.275. The number of benzene rings is 1. The summed E-state index contributed by atoms with van der Waals surface area (Å²) in [7, 11) is 1.65. The maximum atomic E-state index is 13.6. The monoisotopic (exact) mass is 559 g/mol. The first-order valence-corrected chi connectivity index (χ1v) is 14.6. The van der Waals surface area contributed by atoms with Gasteiger partial charge in [-0.2, -0.15) is 0 Å². The summed E-state index contributed by atoms with van der Waals surface area (Å²) in [6.07, 6.45) is 7.00. The molecule has 0 unspecified atom stereocenters. The number of hydrogen-bond donors (Lipinski definition) is 3. The summed E-state index contributed by atoms with van der Waals surface area (Å²) in [6.45, 7) is 5.61. The number of likely N-dealkylation sites (N-methyl/N-ethyl adjacent to an activating group) is 1. The van der Waals surface area contributed by atoms with E-state index in [2.05, 4.69) is 10.6 Å². The van der Waals surface area contributed by atoms with Crippen LogP contribution in [0, 0.1) is 11.8 Å². The van der Waals surface area contributed by atoms with E-state index in [1.54, 1.807) is 7.05 Å². The Balaban J connectivity index is 2.11. The summed E-state index contributed by atoms with van der Waals surface area (Å²) in [5.41, 5.74) is 0.888. The number of carbonyl (C=O) groups is 4.